The first-order valence-corrected chi connectivity index (χ1v) is 5.63. The first-order chi connectivity index (χ1) is 6.65. The fourth-order valence-corrected chi connectivity index (χ4v) is 2.04. The van der Waals surface area contributed by atoms with Crippen LogP contribution in [-0.4, -0.2) is 19.0 Å². The fourth-order valence-electron chi connectivity index (χ4n) is 2.04. The van der Waals surface area contributed by atoms with Gasteiger partial charge < -0.3 is 11.1 Å². The van der Waals surface area contributed by atoms with Gasteiger partial charge in [0, 0.05) is 19.0 Å². The van der Waals surface area contributed by atoms with Gasteiger partial charge in [0.1, 0.15) is 0 Å². The first-order valence-electron chi connectivity index (χ1n) is 5.63. The van der Waals surface area contributed by atoms with E-state index in [9.17, 15) is 4.79 Å². The van der Waals surface area contributed by atoms with E-state index in [1.54, 1.807) is 0 Å². The molecular formula is C11H22N2O. The lowest BCUT2D eigenvalue weighted by molar-refractivity contribution is -0.124. The van der Waals surface area contributed by atoms with Crippen molar-refractivity contribution in [1.29, 1.82) is 0 Å². The Kier molecular flexibility index (Phi) is 4.39. The van der Waals surface area contributed by atoms with Crippen LogP contribution in [0.5, 0.6) is 0 Å². The van der Waals surface area contributed by atoms with E-state index in [0.29, 0.717) is 12.5 Å². The van der Waals surface area contributed by atoms with E-state index in [1.165, 1.54) is 19.3 Å². The molecule has 0 saturated heterocycles. The zero-order valence-electron chi connectivity index (χ0n) is 9.25. The third-order valence-corrected chi connectivity index (χ3v) is 3.38. The van der Waals surface area contributed by atoms with Gasteiger partial charge in [-0.15, -0.1) is 0 Å². The van der Waals surface area contributed by atoms with Crippen LogP contribution < -0.4 is 11.1 Å². The smallest absolute Gasteiger partial charge is 0.224 e. The van der Waals surface area contributed by atoms with Crippen molar-refractivity contribution < 1.29 is 4.79 Å². The minimum Gasteiger partial charge on any atom is -0.356 e. The summed E-state index contributed by atoms with van der Waals surface area (Å²) in [5.41, 5.74) is 5.42. The lowest BCUT2D eigenvalue weighted by Crippen LogP contribution is -2.36. The van der Waals surface area contributed by atoms with Crippen molar-refractivity contribution in [1.82, 2.24) is 5.32 Å². The molecule has 0 radical (unpaired) electrons. The van der Waals surface area contributed by atoms with Crippen molar-refractivity contribution in [2.75, 3.05) is 13.1 Å². The molecule has 3 nitrogen and oxygen atoms in total. The van der Waals surface area contributed by atoms with Crippen LogP contribution in [0.15, 0.2) is 0 Å². The number of carbonyl (C=O) groups is 1. The Hall–Kier alpha value is -0.570. The summed E-state index contributed by atoms with van der Waals surface area (Å²) < 4.78 is 0. The highest BCUT2D eigenvalue weighted by molar-refractivity contribution is 5.78. The minimum absolute atomic E-state index is 0.0493. The molecule has 0 spiro atoms. The Bertz CT molecular complexity index is 194. The molecule has 1 fully saturated rings. The summed E-state index contributed by atoms with van der Waals surface area (Å²) in [6, 6.07) is 0. The molecule has 0 aromatic heterocycles. The topological polar surface area (TPSA) is 55.1 Å². The van der Waals surface area contributed by atoms with Crippen LogP contribution in [0, 0.1) is 17.8 Å². The maximum absolute atomic E-state index is 11.4. The molecule has 14 heavy (non-hydrogen) atoms. The summed E-state index contributed by atoms with van der Waals surface area (Å²) in [4.78, 5) is 11.4. The Morgan fingerprint density at radius 3 is 2.79 bits per heavy atom. The lowest BCUT2D eigenvalue weighted by atomic mass is 9.98. The Morgan fingerprint density at radius 1 is 1.57 bits per heavy atom. The molecule has 1 saturated carbocycles. The fraction of sp³-hybridized carbons (Fsp3) is 0.909. The second kappa shape index (κ2) is 5.35. The van der Waals surface area contributed by atoms with Crippen molar-refractivity contribution in [3.05, 3.63) is 0 Å². The van der Waals surface area contributed by atoms with Gasteiger partial charge in [-0.25, -0.2) is 0 Å². The van der Waals surface area contributed by atoms with Crippen LogP contribution in [0.2, 0.25) is 0 Å². The maximum Gasteiger partial charge on any atom is 0.224 e. The van der Waals surface area contributed by atoms with Crippen molar-refractivity contribution in [3.63, 3.8) is 0 Å². The van der Waals surface area contributed by atoms with Crippen LogP contribution in [0.25, 0.3) is 0 Å². The highest BCUT2D eigenvalue weighted by Gasteiger charge is 2.23. The van der Waals surface area contributed by atoms with Gasteiger partial charge in [0.25, 0.3) is 0 Å². The van der Waals surface area contributed by atoms with Crippen LogP contribution in [0.3, 0.4) is 0 Å². The number of nitrogens with two attached hydrogens (primary N) is 1. The number of hydrogen-bond acceptors (Lipinski definition) is 2. The van der Waals surface area contributed by atoms with Gasteiger partial charge in [-0.1, -0.05) is 26.7 Å². The summed E-state index contributed by atoms with van der Waals surface area (Å²) >= 11 is 0. The largest absolute Gasteiger partial charge is 0.356 e. The molecule has 0 bridgehead atoms. The second-order valence-electron chi connectivity index (χ2n) is 4.55. The normalized spacial score (nSPS) is 28.8. The van der Waals surface area contributed by atoms with Gasteiger partial charge >= 0.3 is 0 Å². The van der Waals surface area contributed by atoms with E-state index >= 15 is 0 Å². The Labute approximate surface area is 86.4 Å². The molecule has 3 N–H and O–H groups in total. The standard InChI is InChI=1S/C11H22N2O/c1-8-4-3-5-10(8)7-13-11(14)9(2)6-12/h8-10H,3-7,12H2,1-2H3,(H,13,14). The summed E-state index contributed by atoms with van der Waals surface area (Å²) in [6.07, 6.45) is 3.89. The molecule has 0 aliphatic heterocycles. The Morgan fingerprint density at radius 2 is 2.29 bits per heavy atom. The molecule has 1 rings (SSSR count). The molecule has 3 heteroatoms. The van der Waals surface area contributed by atoms with Crippen LogP contribution >= 0.6 is 0 Å². The average molecular weight is 198 g/mol. The van der Waals surface area contributed by atoms with Gasteiger partial charge in [0.15, 0.2) is 0 Å². The van der Waals surface area contributed by atoms with Gasteiger partial charge in [-0.2, -0.15) is 0 Å². The SMILES string of the molecule is CC(CN)C(=O)NCC1CCCC1C. The highest BCUT2D eigenvalue weighted by Crippen LogP contribution is 2.30. The zero-order chi connectivity index (χ0) is 10.6. The quantitative estimate of drug-likeness (QED) is 0.711. The highest BCUT2D eigenvalue weighted by atomic mass is 16.1. The summed E-state index contributed by atoms with van der Waals surface area (Å²) in [5, 5.41) is 2.99. The predicted octanol–water partition coefficient (Wildman–Crippen LogP) is 1.13. The number of hydrogen-bond donors (Lipinski definition) is 2. The molecule has 1 aliphatic rings. The third kappa shape index (κ3) is 2.98. The minimum atomic E-state index is -0.0493. The van der Waals surface area contributed by atoms with Crippen molar-refractivity contribution >= 4 is 5.91 Å². The molecule has 1 amide bonds. The molecular weight excluding hydrogens is 176 g/mol. The van der Waals surface area contributed by atoms with Gasteiger partial charge in [-0.05, 0) is 18.3 Å². The average Bonchev–Trinajstić information content (AvgIpc) is 2.59. The van der Waals surface area contributed by atoms with Crippen molar-refractivity contribution in [3.8, 4) is 0 Å². The zero-order valence-corrected chi connectivity index (χ0v) is 9.25. The molecule has 82 valence electrons. The molecule has 0 aromatic carbocycles. The van der Waals surface area contributed by atoms with E-state index in [0.717, 1.165) is 12.5 Å². The van der Waals surface area contributed by atoms with E-state index in [-0.39, 0.29) is 11.8 Å². The summed E-state index contributed by atoms with van der Waals surface area (Å²) in [5.74, 6) is 1.51. The Balaban J connectivity index is 2.22. The third-order valence-electron chi connectivity index (χ3n) is 3.38. The van der Waals surface area contributed by atoms with E-state index < -0.39 is 0 Å². The monoisotopic (exact) mass is 198 g/mol. The molecule has 3 atom stereocenters. The number of rotatable bonds is 4. The maximum atomic E-state index is 11.4. The molecule has 3 unspecified atom stereocenters. The van der Waals surface area contributed by atoms with Crippen molar-refractivity contribution in [2.45, 2.75) is 33.1 Å². The number of carbonyl (C=O) groups excluding carboxylic acids is 1. The van der Waals surface area contributed by atoms with Crippen LogP contribution in [0.4, 0.5) is 0 Å². The molecule has 0 aromatic rings. The predicted molar refractivity (Wildman–Crippen MR) is 57.7 cm³/mol. The van der Waals surface area contributed by atoms with Crippen LogP contribution in [-0.2, 0) is 4.79 Å². The van der Waals surface area contributed by atoms with Crippen molar-refractivity contribution in [2.24, 2.45) is 23.5 Å². The molecule has 0 heterocycles. The van der Waals surface area contributed by atoms with E-state index in [1.807, 2.05) is 6.92 Å². The van der Waals surface area contributed by atoms with E-state index in [2.05, 4.69) is 12.2 Å². The number of amides is 1. The first kappa shape index (κ1) is 11.5. The number of nitrogens with one attached hydrogen (secondary N) is 1. The van der Waals surface area contributed by atoms with Gasteiger partial charge in [-0.3, -0.25) is 4.79 Å². The summed E-state index contributed by atoms with van der Waals surface area (Å²) in [7, 11) is 0. The van der Waals surface area contributed by atoms with Gasteiger partial charge in [0.2, 0.25) is 5.91 Å². The molecule has 1 aliphatic carbocycles. The lowest BCUT2D eigenvalue weighted by Gasteiger charge is -2.17. The van der Waals surface area contributed by atoms with E-state index in [4.69, 9.17) is 5.73 Å². The van der Waals surface area contributed by atoms with Gasteiger partial charge in [0.05, 0.1) is 0 Å². The van der Waals surface area contributed by atoms with Crippen LogP contribution in [0.1, 0.15) is 33.1 Å². The second-order valence-corrected chi connectivity index (χ2v) is 4.55. The summed E-state index contributed by atoms with van der Waals surface area (Å²) in [6.45, 7) is 5.42.